The normalized spacial score (nSPS) is 15.4. The van der Waals surface area contributed by atoms with E-state index >= 15 is 0 Å². The van der Waals surface area contributed by atoms with Crippen molar-refractivity contribution in [1.82, 2.24) is 14.8 Å². The minimum absolute atomic E-state index is 0.0401. The Morgan fingerprint density at radius 1 is 1.05 bits per heavy atom. The lowest BCUT2D eigenvalue weighted by atomic mass is 9.95. The third-order valence-electron chi connectivity index (χ3n) is 6.44. The van der Waals surface area contributed by atoms with Crippen LogP contribution in [-0.2, 0) is 22.3 Å². The lowest BCUT2D eigenvalue weighted by Gasteiger charge is -2.23. The molecular formula is C26H27F4N5O4S. The zero-order valence-electron chi connectivity index (χ0n) is 21.9. The third kappa shape index (κ3) is 6.39. The van der Waals surface area contributed by atoms with E-state index in [4.69, 9.17) is 9.88 Å². The summed E-state index contributed by atoms with van der Waals surface area (Å²) in [5, 5.41) is 7.83. The van der Waals surface area contributed by atoms with Gasteiger partial charge in [0, 0.05) is 43.4 Å². The monoisotopic (exact) mass is 581 g/mol. The number of alkyl halides is 3. The number of hydrogen-bond acceptors (Lipinski definition) is 7. The average molecular weight is 582 g/mol. The molecule has 0 unspecified atom stereocenters. The van der Waals surface area contributed by atoms with Gasteiger partial charge in [0.25, 0.3) is 5.91 Å². The highest BCUT2D eigenvalue weighted by molar-refractivity contribution is 7.97. The number of ether oxygens (including phenoxy) is 1. The number of carbonyl (C=O) groups excluding carboxylic acids is 3. The van der Waals surface area contributed by atoms with Crippen LogP contribution in [0.3, 0.4) is 0 Å². The topological polar surface area (TPSA) is 118 Å². The maximum atomic E-state index is 14.1. The highest BCUT2D eigenvalue weighted by atomic mass is 32.2. The van der Waals surface area contributed by atoms with Crippen molar-refractivity contribution in [2.75, 3.05) is 31.5 Å². The maximum Gasteiger partial charge on any atom is 0.417 e. The zero-order chi connectivity index (χ0) is 29.4. The minimum atomic E-state index is -4.68. The van der Waals surface area contributed by atoms with Gasteiger partial charge in [-0.3, -0.25) is 19.7 Å². The van der Waals surface area contributed by atoms with Gasteiger partial charge in [-0.05, 0) is 47.4 Å². The molecule has 14 heteroatoms. The molecular weight excluding hydrogens is 554 g/mol. The van der Waals surface area contributed by atoms with Crippen molar-refractivity contribution in [2.24, 2.45) is 10.6 Å². The Balaban J connectivity index is 1.36. The van der Waals surface area contributed by atoms with E-state index in [2.05, 4.69) is 10.3 Å². The van der Waals surface area contributed by atoms with E-state index in [0.29, 0.717) is 6.20 Å². The van der Waals surface area contributed by atoms with Crippen LogP contribution in [0.1, 0.15) is 42.4 Å². The van der Waals surface area contributed by atoms with Gasteiger partial charge in [0.1, 0.15) is 18.1 Å². The molecule has 3 heterocycles. The summed E-state index contributed by atoms with van der Waals surface area (Å²) in [5.41, 5.74) is -0.291. The smallest absolute Gasteiger partial charge is 0.417 e. The molecule has 0 aliphatic carbocycles. The number of nitrogens with two attached hydrogens (primary N) is 1. The first-order valence-electron chi connectivity index (χ1n) is 12.1. The number of rotatable bonds is 5. The van der Waals surface area contributed by atoms with Crippen molar-refractivity contribution < 1.29 is 36.7 Å². The Morgan fingerprint density at radius 2 is 1.68 bits per heavy atom. The minimum Gasteiger partial charge on any atom is -0.443 e. The molecule has 214 valence electrons. The van der Waals surface area contributed by atoms with Gasteiger partial charge in [0.15, 0.2) is 0 Å². The van der Waals surface area contributed by atoms with Gasteiger partial charge in [-0.25, -0.2) is 9.18 Å². The maximum absolute atomic E-state index is 14.1. The van der Waals surface area contributed by atoms with Gasteiger partial charge in [-0.2, -0.15) is 13.2 Å². The van der Waals surface area contributed by atoms with Gasteiger partial charge >= 0.3 is 12.3 Å². The number of nitrogens with one attached hydrogen (secondary N) is 1. The second kappa shape index (κ2) is 11.1. The second-order valence-electron chi connectivity index (χ2n) is 10.5. The first-order valence-corrected chi connectivity index (χ1v) is 13.0. The van der Waals surface area contributed by atoms with Gasteiger partial charge in [-0.15, -0.1) is 0 Å². The molecule has 0 saturated heterocycles. The summed E-state index contributed by atoms with van der Waals surface area (Å²) in [6.45, 7) is 5.26. The van der Waals surface area contributed by atoms with Crippen LogP contribution in [0.25, 0.3) is 0 Å². The van der Waals surface area contributed by atoms with Crippen molar-refractivity contribution in [1.29, 1.82) is 0 Å². The molecule has 0 radical (unpaired) electrons. The van der Waals surface area contributed by atoms with E-state index < -0.39 is 41.6 Å². The largest absolute Gasteiger partial charge is 0.443 e. The fourth-order valence-electron chi connectivity index (χ4n) is 4.17. The third-order valence-corrected chi connectivity index (χ3v) is 7.02. The lowest BCUT2D eigenvalue weighted by Crippen LogP contribution is -2.36. The number of amides is 3. The molecule has 2 aliphatic heterocycles. The highest BCUT2D eigenvalue weighted by Gasteiger charge is 2.36. The van der Waals surface area contributed by atoms with Crippen LogP contribution in [0.15, 0.2) is 46.5 Å². The molecule has 2 aromatic rings. The zero-order valence-corrected chi connectivity index (χ0v) is 22.7. The summed E-state index contributed by atoms with van der Waals surface area (Å²) in [6.07, 6.45) is -4.79. The molecule has 40 heavy (non-hydrogen) atoms. The highest BCUT2D eigenvalue weighted by Crippen LogP contribution is 2.33. The van der Waals surface area contributed by atoms with Crippen molar-refractivity contribution >= 4 is 35.5 Å². The summed E-state index contributed by atoms with van der Waals surface area (Å²) in [5.74, 6) is -1.47. The van der Waals surface area contributed by atoms with Crippen LogP contribution in [0.4, 0.5) is 28.0 Å². The van der Waals surface area contributed by atoms with Gasteiger partial charge in [0.2, 0.25) is 5.91 Å². The van der Waals surface area contributed by atoms with Crippen LogP contribution in [0.5, 0.6) is 0 Å². The number of halogens is 4. The van der Waals surface area contributed by atoms with E-state index in [9.17, 15) is 31.9 Å². The first kappa shape index (κ1) is 29.3. The van der Waals surface area contributed by atoms with Gasteiger partial charge in [-0.1, -0.05) is 20.8 Å². The summed E-state index contributed by atoms with van der Waals surface area (Å²) < 4.78 is 59.1. The van der Waals surface area contributed by atoms with Crippen molar-refractivity contribution in [3.63, 3.8) is 0 Å². The Morgan fingerprint density at radius 3 is 2.23 bits per heavy atom. The number of carbonyl (C=O) groups is 3. The predicted octanol–water partition coefficient (Wildman–Crippen LogP) is 4.59. The van der Waals surface area contributed by atoms with Crippen LogP contribution in [0, 0.1) is 11.2 Å². The quantitative estimate of drug-likeness (QED) is 0.301. The van der Waals surface area contributed by atoms with Crippen LogP contribution in [0.2, 0.25) is 0 Å². The fourth-order valence-corrected chi connectivity index (χ4v) is 4.49. The SMILES string of the molecule is CC(C)(C)C(=O)Nc1cc(C(F)(F)F)cnc1COC(=O)N1CC2=C(C1)CN(C(=O)c1ccc(SN)c(F)c1)C2. The predicted molar refractivity (Wildman–Crippen MR) is 138 cm³/mol. The van der Waals surface area contributed by atoms with Crippen molar-refractivity contribution in [3.8, 4) is 0 Å². The molecule has 2 aliphatic rings. The number of pyridine rings is 1. The summed E-state index contributed by atoms with van der Waals surface area (Å²) in [7, 11) is 0. The summed E-state index contributed by atoms with van der Waals surface area (Å²) in [6, 6.07) is 4.83. The molecule has 9 nitrogen and oxygen atoms in total. The first-order chi connectivity index (χ1) is 18.7. The Kier molecular flexibility index (Phi) is 8.13. The number of nitrogens with zero attached hydrogens (tertiary/aromatic N) is 3. The second-order valence-corrected chi connectivity index (χ2v) is 11.1. The van der Waals surface area contributed by atoms with Crippen molar-refractivity contribution in [2.45, 2.75) is 38.4 Å². The number of benzene rings is 1. The van der Waals surface area contributed by atoms with Crippen LogP contribution in [-0.4, -0.2) is 58.9 Å². The number of anilines is 1. The van der Waals surface area contributed by atoms with Gasteiger partial charge in [0.05, 0.1) is 16.1 Å². The average Bonchev–Trinajstić information content (AvgIpc) is 3.46. The molecule has 0 fully saturated rings. The van der Waals surface area contributed by atoms with E-state index in [-0.39, 0.29) is 53.9 Å². The molecule has 0 atom stereocenters. The Labute approximate surface area is 231 Å². The molecule has 0 spiro atoms. The number of hydrogen-bond donors (Lipinski definition) is 2. The van der Waals surface area contributed by atoms with Crippen LogP contribution >= 0.6 is 11.9 Å². The lowest BCUT2D eigenvalue weighted by molar-refractivity contribution is -0.137. The Hall–Kier alpha value is -3.65. The van der Waals surface area contributed by atoms with Crippen molar-refractivity contribution in [3.05, 3.63) is 64.2 Å². The molecule has 1 aromatic heterocycles. The standard InChI is InChI=1S/C26H27F4N5O4S/c1-25(2,3)23(37)33-19-7-17(26(28,29)30)8-32-20(19)13-39-24(38)35-11-15-9-34(10-16(15)12-35)22(36)14-4-5-21(40-31)18(27)6-14/h4-8H,9-13,31H2,1-3H3,(H,33,37). The molecule has 4 rings (SSSR count). The summed E-state index contributed by atoms with van der Waals surface area (Å²) >= 11 is 0.748. The van der Waals surface area contributed by atoms with Crippen LogP contribution < -0.4 is 10.5 Å². The molecule has 3 amide bonds. The van der Waals surface area contributed by atoms with E-state index in [1.165, 1.54) is 17.0 Å². The van der Waals surface area contributed by atoms with Gasteiger partial charge < -0.3 is 19.9 Å². The molecule has 0 saturated carbocycles. The number of aromatic nitrogens is 1. The molecule has 0 bridgehead atoms. The summed E-state index contributed by atoms with van der Waals surface area (Å²) in [4.78, 5) is 45.0. The molecule has 3 N–H and O–H groups in total. The molecule has 1 aromatic carbocycles. The Bertz CT molecular complexity index is 1370. The fraction of sp³-hybridized carbons (Fsp3) is 0.385. The van der Waals surface area contributed by atoms with E-state index in [0.717, 1.165) is 35.2 Å². The van der Waals surface area contributed by atoms with E-state index in [1.54, 1.807) is 25.7 Å². The van der Waals surface area contributed by atoms with E-state index in [1.807, 2.05) is 0 Å².